The van der Waals surface area contributed by atoms with Gasteiger partial charge in [-0.25, -0.2) is 0 Å². The number of hydrogen-bond donors (Lipinski definition) is 2. The molecule has 0 unspecified atom stereocenters. The number of anilines is 1. The Hall–Kier alpha value is -0.620. The molecule has 1 fully saturated rings. The molecule has 4 heteroatoms. The number of benzene rings is 1. The molecule has 2 rings (SSSR count). The van der Waals surface area contributed by atoms with E-state index in [4.69, 9.17) is 0 Å². The second-order valence-electron chi connectivity index (χ2n) is 4.76. The number of carbonyl (C=O) groups excluding carboxylic acids is 1. The molecule has 1 amide bonds. The zero-order valence-corrected chi connectivity index (χ0v) is 12.6. The van der Waals surface area contributed by atoms with Crippen molar-refractivity contribution in [3.63, 3.8) is 0 Å². The first kappa shape index (κ1) is 13.8. The normalized spacial score (nSPS) is 16.5. The summed E-state index contributed by atoms with van der Waals surface area (Å²) >= 11 is 2.24. The van der Waals surface area contributed by atoms with Crippen molar-refractivity contribution in [2.45, 2.75) is 25.7 Å². The summed E-state index contributed by atoms with van der Waals surface area (Å²) < 4.78 is 1.09. The van der Waals surface area contributed by atoms with E-state index in [0.717, 1.165) is 28.8 Å². The zero-order chi connectivity index (χ0) is 12.8. The van der Waals surface area contributed by atoms with Gasteiger partial charge in [0.05, 0.1) is 5.69 Å². The second kappa shape index (κ2) is 7.09. The SMILES string of the molecule is O=C(CCC1CCNCC1)Nc1ccccc1I. The second-order valence-corrected chi connectivity index (χ2v) is 5.92. The molecule has 1 aromatic rings. The quantitative estimate of drug-likeness (QED) is 0.813. The maximum Gasteiger partial charge on any atom is 0.224 e. The summed E-state index contributed by atoms with van der Waals surface area (Å²) in [6.07, 6.45) is 4.05. The van der Waals surface area contributed by atoms with Gasteiger partial charge in [0, 0.05) is 9.99 Å². The molecule has 1 aliphatic heterocycles. The monoisotopic (exact) mass is 358 g/mol. The van der Waals surface area contributed by atoms with Crippen LogP contribution in [0.25, 0.3) is 0 Å². The van der Waals surface area contributed by atoms with Gasteiger partial charge in [-0.1, -0.05) is 12.1 Å². The predicted molar refractivity (Wildman–Crippen MR) is 82.6 cm³/mol. The largest absolute Gasteiger partial charge is 0.325 e. The van der Waals surface area contributed by atoms with Gasteiger partial charge in [0.1, 0.15) is 0 Å². The Kier molecular flexibility index (Phi) is 5.44. The summed E-state index contributed by atoms with van der Waals surface area (Å²) in [6.45, 7) is 2.20. The maximum atomic E-state index is 11.9. The lowest BCUT2D eigenvalue weighted by molar-refractivity contribution is -0.116. The molecule has 2 N–H and O–H groups in total. The molecule has 18 heavy (non-hydrogen) atoms. The summed E-state index contributed by atoms with van der Waals surface area (Å²) in [4.78, 5) is 11.9. The fourth-order valence-corrected chi connectivity index (χ4v) is 2.80. The van der Waals surface area contributed by atoms with E-state index in [1.807, 2.05) is 24.3 Å². The molecule has 0 radical (unpaired) electrons. The van der Waals surface area contributed by atoms with Crippen LogP contribution in [0.15, 0.2) is 24.3 Å². The number of para-hydroxylation sites is 1. The van der Waals surface area contributed by atoms with Crippen molar-refractivity contribution < 1.29 is 4.79 Å². The van der Waals surface area contributed by atoms with Crippen LogP contribution < -0.4 is 10.6 Å². The van der Waals surface area contributed by atoms with E-state index in [1.54, 1.807) is 0 Å². The van der Waals surface area contributed by atoms with Crippen LogP contribution in [0.5, 0.6) is 0 Å². The Bertz CT molecular complexity index is 403. The smallest absolute Gasteiger partial charge is 0.224 e. The van der Waals surface area contributed by atoms with Gasteiger partial charge in [0.25, 0.3) is 0 Å². The van der Waals surface area contributed by atoms with Gasteiger partial charge in [0.15, 0.2) is 0 Å². The molecular formula is C14H19IN2O. The summed E-state index contributed by atoms with van der Waals surface area (Å²) in [5.74, 6) is 0.851. The average Bonchev–Trinajstić information content (AvgIpc) is 2.40. The van der Waals surface area contributed by atoms with Gasteiger partial charge in [-0.2, -0.15) is 0 Å². The molecule has 98 valence electrons. The van der Waals surface area contributed by atoms with E-state index in [1.165, 1.54) is 12.8 Å². The first-order chi connectivity index (χ1) is 8.75. The van der Waals surface area contributed by atoms with Crippen LogP contribution in [-0.4, -0.2) is 19.0 Å². The van der Waals surface area contributed by atoms with Crippen molar-refractivity contribution >= 4 is 34.2 Å². The molecule has 1 saturated heterocycles. The molecule has 0 saturated carbocycles. The lowest BCUT2D eigenvalue weighted by Gasteiger charge is -2.22. The Morgan fingerprint density at radius 1 is 1.33 bits per heavy atom. The molecule has 0 bridgehead atoms. The molecule has 0 spiro atoms. The lowest BCUT2D eigenvalue weighted by Crippen LogP contribution is -2.28. The highest BCUT2D eigenvalue weighted by Gasteiger charge is 2.14. The van der Waals surface area contributed by atoms with E-state index in [-0.39, 0.29) is 5.91 Å². The molecule has 1 aromatic carbocycles. The van der Waals surface area contributed by atoms with E-state index in [0.29, 0.717) is 12.3 Å². The van der Waals surface area contributed by atoms with Crippen molar-refractivity contribution in [2.24, 2.45) is 5.92 Å². The summed E-state index contributed by atoms with van der Waals surface area (Å²) in [7, 11) is 0. The fourth-order valence-electron chi connectivity index (χ4n) is 2.28. The van der Waals surface area contributed by atoms with Crippen molar-refractivity contribution in [1.29, 1.82) is 0 Å². The first-order valence-corrected chi connectivity index (χ1v) is 7.58. The first-order valence-electron chi connectivity index (χ1n) is 6.51. The third kappa shape index (κ3) is 4.24. The van der Waals surface area contributed by atoms with Gasteiger partial charge < -0.3 is 10.6 Å². The highest BCUT2D eigenvalue weighted by molar-refractivity contribution is 14.1. The molecule has 1 aliphatic rings. The Morgan fingerprint density at radius 3 is 2.78 bits per heavy atom. The van der Waals surface area contributed by atoms with E-state index in [9.17, 15) is 4.79 Å². The van der Waals surface area contributed by atoms with Crippen LogP contribution in [0.2, 0.25) is 0 Å². The fraction of sp³-hybridized carbons (Fsp3) is 0.500. The molecule has 0 aliphatic carbocycles. The van der Waals surface area contributed by atoms with Crippen LogP contribution in [0.1, 0.15) is 25.7 Å². The molecule has 0 atom stereocenters. The molecule has 1 heterocycles. The number of carbonyl (C=O) groups is 1. The highest BCUT2D eigenvalue weighted by atomic mass is 127. The van der Waals surface area contributed by atoms with Crippen molar-refractivity contribution in [1.82, 2.24) is 5.32 Å². The highest BCUT2D eigenvalue weighted by Crippen LogP contribution is 2.20. The Balaban J connectivity index is 1.76. The molecular weight excluding hydrogens is 339 g/mol. The number of hydrogen-bond acceptors (Lipinski definition) is 2. The van der Waals surface area contributed by atoms with Crippen molar-refractivity contribution in [2.75, 3.05) is 18.4 Å². The van der Waals surface area contributed by atoms with E-state index in [2.05, 4.69) is 33.2 Å². The summed E-state index contributed by atoms with van der Waals surface area (Å²) in [6, 6.07) is 7.88. The minimum Gasteiger partial charge on any atom is -0.325 e. The van der Waals surface area contributed by atoms with Crippen LogP contribution >= 0.6 is 22.6 Å². The lowest BCUT2D eigenvalue weighted by atomic mass is 9.93. The van der Waals surface area contributed by atoms with Gasteiger partial charge in [-0.3, -0.25) is 4.79 Å². The summed E-state index contributed by atoms with van der Waals surface area (Å²) in [5.41, 5.74) is 0.924. The number of nitrogens with one attached hydrogen (secondary N) is 2. The van der Waals surface area contributed by atoms with Crippen molar-refractivity contribution in [3.8, 4) is 0 Å². The number of rotatable bonds is 4. The van der Waals surface area contributed by atoms with Gasteiger partial charge >= 0.3 is 0 Å². The zero-order valence-electron chi connectivity index (χ0n) is 10.4. The number of piperidine rings is 1. The van der Waals surface area contributed by atoms with Gasteiger partial charge in [0.2, 0.25) is 5.91 Å². The third-order valence-corrected chi connectivity index (χ3v) is 4.33. The predicted octanol–water partition coefficient (Wildman–Crippen LogP) is 3.01. The van der Waals surface area contributed by atoms with Crippen molar-refractivity contribution in [3.05, 3.63) is 27.8 Å². The topological polar surface area (TPSA) is 41.1 Å². The van der Waals surface area contributed by atoms with Crippen LogP contribution in [0, 0.1) is 9.49 Å². The van der Waals surface area contributed by atoms with Crippen LogP contribution in [-0.2, 0) is 4.79 Å². The summed E-state index contributed by atoms with van der Waals surface area (Å²) in [5, 5.41) is 6.34. The average molecular weight is 358 g/mol. The minimum atomic E-state index is 0.137. The number of halogens is 1. The third-order valence-electron chi connectivity index (χ3n) is 3.39. The van der Waals surface area contributed by atoms with E-state index < -0.39 is 0 Å². The Labute approximate surface area is 122 Å². The van der Waals surface area contributed by atoms with Crippen LogP contribution in [0.4, 0.5) is 5.69 Å². The van der Waals surface area contributed by atoms with Gasteiger partial charge in [-0.15, -0.1) is 0 Å². The number of amides is 1. The molecule has 3 nitrogen and oxygen atoms in total. The standard InChI is InChI=1S/C14H19IN2O/c15-12-3-1-2-4-13(12)17-14(18)6-5-11-7-9-16-10-8-11/h1-4,11,16H,5-10H2,(H,17,18). The molecule has 0 aromatic heterocycles. The van der Waals surface area contributed by atoms with E-state index >= 15 is 0 Å². The van der Waals surface area contributed by atoms with Gasteiger partial charge in [-0.05, 0) is 73.0 Å². The maximum absolute atomic E-state index is 11.9. The minimum absolute atomic E-state index is 0.137. The van der Waals surface area contributed by atoms with Crippen LogP contribution in [0.3, 0.4) is 0 Å². The Morgan fingerprint density at radius 2 is 2.06 bits per heavy atom.